The van der Waals surface area contributed by atoms with E-state index in [2.05, 4.69) is 10.4 Å². The van der Waals surface area contributed by atoms with Crippen molar-refractivity contribution in [2.45, 2.75) is 25.9 Å². The first-order valence-electron chi connectivity index (χ1n) is 7.05. The molecule has 7 heteroatoms. The number of aliphatic hydroxyl groups is 1. The minimum Gasteiger partial charge on any atom is -0.394 e. The molecule has 1 amide bonds. The van der Waals surface area contributed by atoms with Crippen LogP contribution in [0.25, 0.3) is 0 Å². The lowest BCUT2D eigenvalue weighted by molar-refractivity contribution is -0.0447. The number of carbonyl (C=O) groups is 1. The van der Waals surface area contributed by atoms with Gasteiger partial charge in [0.1, 0.15) is 5.82 Å². The Morgan fingerprint density at radius 2 is 2.38 bits per heavy atom. The van der Waals surface area contributed by atoms with Crippen LogP contribution in [-0.2, 0) is 4.74 Å². The van der Waals surface area contributed by atoms with Crippen LogP contribution in [0.15, 0.2) is 12.1 Å². The van der Waals surface area contributed by atoms with E-state index in [1.165, 1.54) is 0 Å². The number of pyridine rings is 1. The highest BCUT2D eigenvalue weighted by atomic mass is 16.5. The van der Waals surface area contributed by atoms with Gasteiger partial charge in [-0.15, -0.1) is 0 Å². The van der Waals surface area contributed by atoms with Crippen LogP contribution >= 0.6 is 0 Å². The quantitative estimate of drug-likeness (QED) is 0.546. The lowest BCUT2D eigenvalue weighted by Crippen LogP contribution is -2.46. The van der Waals surface area contributed by atoms with Crippen molar-refractivity contribution in [3.8, 4) is 0 Å². The van der Waals surface area contributed by atoms with Crippen molar-refractivity contribution < 1.29 is 14.6 Å². The molecule has 2 rings (SSSR count). The van der Waals surface area contributed by atoms with E-state index in [0.717, 1.165) is 5.69 Å². The van der Waals surface area contributed by atoms with Crippen molar-refractivity contribution in [3.63, 3.8) is 0 Å². The predicted molar refractivity (Wildman–Crippen MR) is 78.9 cm³/mol. The number of nitrogen functional groups attached to an aromatic ring is 1. The summed E-state index contributed by atoms with van der Waals surface area (Å²) in [5.74, 6) is 5.98. The molecule has 0 radical (unpaired) electrons. The second-order valence-corrected chi connectivity index (χ2v) is 5.39. The molecule has 0 spiro atoms. The third kappa shape index (κ3) is 3.69. The minimum absolute atomic E-state index is 0.0903. The molecule has 1 aliphatic rings. The van der Waals surface area contributed by atoms with Gasteiger partial charge in [-0.05, 0) is 18.1 Å². The first-order valence-corrected chi connectivity index (χ1v) is 7.05. The zero-order valence-electron chi connectivity index (χ0n) is 12.4. The van der Waals surface area contributed by atoms with Gasteiger partial charge in [0.2, 0.25) is 0 Å². The molecule has 0 saturated carbocycles. The second-order valence-electron chi connectivity index (χ2n) is 5.39. The molecule has 1 saturated heterocycles. The molecule has 1 unspecified atom stereocenters. The molecule has 7 nitrogen and oxygen atoms in total. The number of anilines is 1. The van der Waals surface area contributed by atoms with E-state index in [0.29, 0.717) is 31.1 Å². The Kier molecular flexibility index (Phi) is 5.11. The molecule has 1 fully saturated rings. The van der Waals surface area contributed by atoms with Gasteiger partial charge in [0.15, 0.2) is 0 Å². The van der Waals surface area contributed by atoms with Crippen LogP contribution in [-0.4, -0.2) is 53.3 Å². The Labute approximate surface area is 124 Å². The molecular formula is C14H22N4O3. The standard InChI is InChI=1S/C14H22N4O3/c1-9(2)12-5-10(6-13(16-12)17-15)14(20)18-3-4-21-11(7-18)8-19/h5-6,9,11,19H,3-4,7-8,15H2,1-2H3,(H,16,17). The number of rotatable bonds is 4. The Balaban J connectivity index is 2.23. The highest BCUT2D eigenvalue weighted by Gasteiger charge is 2.25. The van der Waals surface area contributed by atoms with Crippen molar-refractivity contribution in [1.29, 1.82) is 0 Å². The van der Waals surface area contributed by atoms with Crippen molar-refractivity contribution in [1.82, 2.24) is 9.88 Å². The van der Waals surface area contributed by atoms with E-state index in [-0.39, 0.29) is 24.5 Å². The molecule has 116 valence electrons. The first kappa shape index (κ1) is 15.7. The lowest BCUT2D eigenvalue weighted by Gasteiger charge is -2.32. The summed E-state index contributed by atoms with van der Waals surface area (Å²) in [5, 5.41) is 9.16. The Bertz CT molecular complexity index is 507. The van der Waals surface area contributed by atoms with Crippen LogP contribution in [0.1, 0.15) is 35.8 Å². The van der Waals surface area contributed by atoms with E-state index in [1.54, 1.807) is 17.0 Å². The average molecular weight is 294 g/mol. The summed E-state index contributed by atoms with van der Waals surface area (Å²) in [4.78, 5) is 18.6. The fraction of sp³-hybridized carbons (Fsp3) is 0.571. The number of nitrogens with two attached hydrogens (primary N) is 1. The zero-order chi connectivity index (χ0) is 15.4. The highest BCUT2D eigenvalue weighted by molar-refractivity contribution is 5.95. The molecule has 21 heavy (non-hydrogen) atoms. The summed E-state index contributed by atoms with van der Waals surface area (Å²) >= 11 is 0. The van der Waals surface area contributed by atoms with Gasteiger partial charge >= 0.3 is 0 Å². The van der Waals surface area contributed by atoms with E-state index >= 15 is 0 Å². The van der Waals surface area contributed by atoms with Gasteiger partial charge in [0.05, 0.1) is 19.3 Å². The van der Waals surface area contributed by atoms with Gasteiger partial charge in [0, 0.05) is 24.3 Å². The molecule has 0 aromatic carbocycles. The van der Waals surface area contributed by atoms with Gasteiger partial charge in [-0.25, -0.2) is 10.8 Å². The van der Waals surface area contributed by atoms with E-state index < -0.39 is 0 Å². The smallest absolute Gasteiger partial charge is 0.254 e. The number of aliphatic hydroxyl groups excluding tert-OH is 1. The minimum atomic E-state index is -0.318. The first-order chi connectivity index (χ1) is 10.0. The third-order valence-corrected chi connectivity index (χ3v) is 3.46. The third-order valence-electron chi connectivity index (χ3n) is 3.46. The van der Waals surface area contributed by atoms with Crippen LogP contribution in [0.4, 0.5) is 5.82 Å². The Morgan fingerprint density at radius 1 is 1.62 bits per heavy atom. The number of nitrogens with one attached hydrogen (secondary N) is 1. The number of hydrazine groups is 1. The molecule has 1 atom stereocenters. The topological polar surface area (TPSA) is 101 Å². The fourth-order valence-corrected chi connectivity index (χ4v) is 2.24. The van der Waals surface area contributed by atoms with Crippen molar-refractivity contribution in [2.24, 2.45) is 5.84 Å². The molecule has 2 heterocycles. The maximum absolute atomic E-state index is 12.6. The van der Waals surface area contributed by atoms with E-state index in [9.17, 15) is 4.79 Å². The summed E-state index contributed by atoms with van der Waals surface area (Å²) in [6.45, 7) is 5.26. The van der Waals surface area contributed by atoms with Crippen LogP contribution in [0.5, 0.6) is 0 Å². The van der Waals surface area contributed by atoms with Crippen LogP contribution < -0.4 is 11.3 Å². The molecule has 0 aliphatic carbocycles. The van der Waals surface area contributed by atoms with Crippen LogP contribution in [0.2, 0.25) is 0 Å². The summed E-state index contributed by atoms with van der Waals surface area (Å²) in [7, 11) is 0. The Morgan fingerprint density at radius 3 is 3.00 bits per heavy atom. The SMILES string of the molecule is CC(C)c1cc(C(=O)N2CCOC(CO)C2)cc(NN)n1. The molecule has 1 aromatic heterocycles. The van der Waals surface area contributed by atoms with Crippen molar-refractivity contribution >= 4 is 11.7 Å². The maximum atomic E-state index is 12.6. The van der Waals surface area contributed by atoms with Crippen molar-refractivity contribution in [3.05, 3.63) is 23.4 Å². The number of aromatic nitrogens is 1. The van der Waals surface area contributed by atoms with Crippen LogP contribution in [0, 0.1) is 0 Å². The molecule has 4 N–H and O–H groups in total. The number of morpholine rings is 1. The summed E-state index contributed by atoms with van der Waals surface area (Å²) in [6.07, 6.45) is -0.318. The van der Waals surface area contributed by atoms with Crippen LogP contribution in [0.3, 0.4) is 0 Å². The summed E-state index contributed by atoms with van der Waals surface area (Å²) < 4.78 is 5.36. The predicted octanol–water partition coefficient (Wildman–Crippen LogP) is 0.324. The molecule has 1 aromatic rings. The average Bonchev–Trinajstić information content (AvgIpc) is 2.53. The normalized spacial score (nSPS) is 18.9. The zero-order valence-corrected chi connectivity index (χ0v) is 12.4. The number of ether oxygens (including phenoxy) is 1. The number of amides is 1. The van der Waals surface area contributed by atoms with Gasteiger partial charge < -0.3 is 20.2 Å². The number of carbonyl (C=O) groups excluding carboxylic acids is 1. The van der Waals surface area contributed by atoms with Gasteiger partial charge in [-0.2, -0.15) is 0 Å². The Hall–Kier alpha value is -1.70. The maximum Gasteiger partial charge on any atom is 0.254 e. The number of hydrogen-bond acceptors (Lipinski definition) is 6. The largest absolute Gasteiger partial charge is 0.394 e. The number of nitrogens with zero attached hydrogens (tertiary/aromatic N) is 2. The fourth-order valence-electron chi connectivity index (χ4n) is 2.24. The molecule has 0 bridgehead atoms. The lowest BCUT2D eigenvalue weighted by atomic mass is 10.1. The highest BCUT2D eigenvalue weighted by Crippen LogP contribution is 2.19. The van der Waals surface area contributed by atoms with Gasteiger partial charge in [0.25, 0.3) is 5.91 Å². The van der Waals surface area contributed by atoms with Crippen molar-refractivity contribution in [2.75, 3.05) is 31.7 Å². The summed E-state index contributed by atoms with van der Waals surface area (Å²) in [6, 6.07) is 3.43. The summed E-state index contributed by atoms with van der Waals surface area (Å²) in [5.41, 5.74) is 3.84. The number of hydrogen-bond donors (Lipinski definition) is 3. The van der Waals surface area contributed by atoms with Gasteiger partial charge in [-0.3, -0.25) is 4.79 Å². The monoisotopic (exact) mass is 294 g/mol. The van der Waals surface area contributed by atoms with E-state index in [1.807, 2.05) is 13.8 Å². The molecule has 1 aliphatic heterocycles. The van der Waals surface area contributed by atoms with E-state index in [4.69, 9.17) is 15.7 Å². The molecular weight excluding hydrogens is 272 g/mol. The van der Waals surface area contributed by atoms with Gasteiger partial charge in [-0.1, -0.05) is 13.8 Å². The second kappa shape index (κ2) is 6.84.